The molecule has 0 amide bonds. The van der Waals surface area contributed by atoms with Gasteiger partial charge >= 0.3 is 0 Å². The van der Waals surface area contributed by atoms with Crippen LogP contribution in [0.1, 0.15) is 31.4 Å². The standard InChI is InChI=1S/C23H31NO5S2/c1-17(2)29-21-8-6-19(7-9-21)14-24-12-11-20(15-24)16-31(27,28)23-13-22(30(4,25)26)10-5-18(23)3/h5-10,13,17,20H,11-12,14-16H2,1-4H3/t20-/m1/s1. The van der Waals surface area contributed by atoms with Crippen molar-refractivity contribution in [3.05, 3.63) is 53.6 Å². The fourth-order valence-corrected chi connectivity index (χ4v) is 6.60. The highest BCUT2D eigenvalue weighted by atomic mass is 32.2. The molecule has 3 rings (SSSR count). The van der Waals surface area contributed by atoms with E-state index in [2.05, 4.69) is 4.90 Å². The Morgan fingerprint density at radius 2 is 1.74 bits per heavy atom. The second-order valence-electron chi connectivity index (χ2n) is 8.68. The van der Waals surface area contributed by atoms with E-state index in [0.29, 0.717) is 12.1 Å². The summed E-state index contributed by atoms with van der Waals surface area (Å²) in [7, 11) is -7.04. The summed E-state index contributed by atoms with van der Waals surface area (Å²) in [5.74, 6) is 0.893. The molecule has 31 heavy (non-hydrogen) atoms. The average Bonchev–Trinajstić information content (AvgIpc) is 3.08. The lowest BCUT2D eigenvalue weighted by Gasteiger charge is -2.17. The molecule has 0 radical (unpaired) electrons. The summed E-state index contributed by atoms with van der Waals surface area (Å²) < 4.78 is 55.5. The zero-order valence-corrected chi connectivity index (χ0v) is 20.2. The van der Waals surface area contributed by atoms with E-state index in [-0.39, 0.29) is 27.6 Å². The maximum Gasteiger partial charge on any atom is 0.179 e. The molecule has 0 bridgehead atoms. The van der Waals surface area contributed by atoms with Crippen LogP contribution in [0, 0.1) is 12.8 Å². The van der Waals surface area contributed by atoms with Crippen LogP contribution in [0.4, 0.5) is 0 Å². The second-order valence-corrected chi connectivity index (χ2v) is 12.7. The van der Waals surface area contributed by atoms with Crippen molar-refractivity contribution in [3.63, 3.8) is 0 Å². The molecule has 1 heterocycles. The summed E-state index contributed by atoms with van der Waals surface area (Å²) in [6.07, 6.45) is 2.03. The first-order valence-corrected chi connectivity index (χ1v) is 14.0. The minimum Gasteiger partial charge on any atom is -0.491 e. The third-order valence-corrected chi connectivity index (χ3v) is 8.58. The van der Waals surface area contributed by atoms with E-state index in [1.165, 1.54) is 12.1 Å². The third-order valence-electron chi connectivity index (χ3n) is 5.45. The molecule has 170 valence electrons. The Hall–Kier alpha value is -1.90. The molecule has 1 aliphatic heterocycles. The lowest BCUT2D eigenvalue weighted by molar-refractivity contribution is 0.242. The normalized spacial score (nSPS) is 17.9. The number of rotatable bonds is 8. The molecule has 2 aromatic carbocycles. The van der Waals surface area contributed by atoms with Gasteiger partial charge in [-0.05, 0) is 75.0 Å². The highest BCUT2D eigenvalue weighted by Gasteiger charge is 2.29. The smallest absolute Gasteiger partial charge is 0.179 e. The molecular weight excluding hydrogens is 434 g/mol. The minimum absolute atomic E-state index is 0.0230. The Balaban J connectivity index is 1.64. The van der Waals surface area contributed by atoms with Crippen molar-refractivity contribution in [2.45, 2.75) is 49.6 Å². The highest BCUT2D eigenvalue weighted by molar-refractivity contribution is 7.92. The van der Waals surface area contributed by atoms with E-state index in [1.54, 1.807) is 13.0 Å². The van der Waals surface area contributed by atoms with Crippen molar-refractivity contribution in [1.29, 1.82) is 0 Å². The third kappa shape index (κ3) is 6.30. The first-order chi connectivity index (χ1) is 14.4. The molecule has 1 saturated heterocycles. The van der Waals surface area contributed by atoms with Gasteiger partial charge < -0.3 is 4.74 Å². The Morgan fingerprint density at radius 1 is 1.06 bits per heavy atom. The van der Waals surface area contributed by atoms with Crippen LogP contribution in [-0.2, 0) is 26.2 Å². The van der Waals surface area contributed by atoms with Gasteiger partial charge in [0, 0.05) is 19.3 Å². The van der Waals surface area contributed by atoms with E-state index in [0.717, 1.165) is 37.1 Å². The summed E-state index contributed by atoms with van der Waals surface area (Å²) in [6.45, 7) is 7.99. The van der Waals surface area contributed by atoms with Crippen LogP contribution in [0.3, 0.4) is 0 Å². The second kappa shape index (κ2) is 9.30. The van der Waals surface area contributed by atoms with Crippen LogP contribution in [0.5, 0.6) is 5.75 Å². The van der Waals surface area contributed by atoms with Gasteiger partial charge in [-0.3, -0.25) is 4.90 Å². The van der Waals surface area contributed by atoms with Gasteiger partial charge in [-0.2, -0.15) is 0 Å². The van der Waals surface area contributed by atoms with E-state index in [4.69, 9.17) is 4.74 Å². The van der Waals surface area contributed by atoms with Crippen molar-refractivity contribution in [2.75, 3.05) is 25.1 Å². The molecule has 6 nitrogen and oxygen atoms in total. The lowest BCUT2D eigenvalue weighted by atomic mass is 10.1. The molecule has 1 fully saturated rings. The van der Waals surface area contributed by atoms with Crippen molar-refractivity contribution in [2.24, 2.45) is 5.92 Å². The molecule has 0 unspecified atom stereocenters. The summed E-state index contributed by atoms with van der Waals surface area (Å²) >= 11 is 0. The summed E-state index contributed by atoms with van der Waals surface area (Å²) in [5.41, 5.74) is 1.74. The van der Waals surface area contributed by atoms with Gasteiger partial charge in [0.05, 0.1) is 21.6 Å². The van der Waals surface area contributed by atoms with Gasteiger partial charge in [-0.1, -0.05) is 18.2 Å². The van der Waals surface area contributed by atoms with Gasteiger partial charge in [0.2, 0.25) is 0 Å². The predicted molar refractivity (Wildman–Crippen MR) is 122 cm³/mol. The Bertz CT molecular complexity index is 1120. The molecular formula is C23H31NO5S2. The maximum absolute atomic E-state index is 13.1. The zero-order chi connectivity index (χ0) is 22.8. The van der Waals surface area contributed by atoms with E-state index in [9.17, 15) is 16.8 Å². The molecule has 8 heteroatoms. The minimum atomic E-state index is -3.58. The highest BCUT2D eigenvalue weighted by Crippen LogP contribution is 2.27. The maximum atomic E-state index is 13.1. The number of sulfone groups is 2. The van der Waals surface area contributed by atoms with Crippen LogP contribution in [0.15, 0.2) is 52.3 Å². The van der Waals surface area contributed by atoms with E-state index < -0.39 is 19.7 Å². The van der Waals surface area contributed by atoms with Crippen molar-refractivity contribution in [1.82, 2.24) is 4.90 Å². The van der Waals surface area contributed by atoms with Gasteiger partial charge in [-0.25, -0.2) is 16.8 Å². The average molecular weight is 466 g/mol. The molecule has 0 spiro atoms. The Labute approximate surface area is 186 Å². The number of nitrogens with zero attached hydrogens (tertiary/aromatic N) is 1. The van der Waals surface area contributed by atoms with Crippen LogP contribution in [0.2, 0.25) is 0 Å². The predicted octanol–water partition coefficient (Wildman–Crippen LogP) is 3.48. The first-order valence-electron chi connectivity index (χ1n) is 10.5. The molecule has 0 N–H and O–H groups in total. The van der Waals surface area contributed by atoms with Gasteiger partial charge in [0.25, 0.3) is 0 Å². The van der Waals surface area contributed by atoms with Crippen molar-refractivity contribution >= 4 is 19.7 Å². The van der Waals surface area contributed by atoms with E-state index >= 15 is 0 Å². The number of likely N-dealkylation sites (tertiary alicyclic amines) is 1. The van der Waals surface area contributed by atoms with Crippen LogP contribution >= 0.6 is 0 Å². The fraction of sp³-hybridized carbons (Fsp3) is 0.478. The molecule has 1 atom stereocenters. The topological polar surface area (TPSA) is 80.8 Å². The largest absolute Gasteiger partial charge is 0.491 e. The molecule has 0 saturated carbocycles. The number of benzene rings is 2. The van der Waals surface area contributed by atoms with Crippen LogP contribution in [-0.4, -0.2) is 52.9 Å². The quantitative estimate of drug-likeness (QED) is 0.594. The van der Waals surface area contributed by atoms with Gasteiger partial charge in [-0.15, -0.1) is 0 Å². The zero-order valence-electron chi connectivity index (χ0n) is 18.5. The van der Waals surface area contributed by atoms with Crippen molar-refractivity contribution < 1.29 is 21.6 Å². The monoisotopic (exact) mass is 465 g/mol. The molecule has 2 aromatic rings. The van der Waals surface area contributed by atoms with Crippen LogP contribution in [0.25, 0.3) is 0 Å². The summed E-state index contributed by atoms with van der Waals surface area (Å²) in [4.78, 5) is 2.42. The number of ether oxygens (including phenoxy) is 1. The molecule has 0 aliphatic carbocycles. The number of hydrogen-bond donors (Lipinski definition) is 0. The van der Waals surface area contributed by atoms with Gasteiger partial charge in [0.1, 0.15) is 5.75 Å². The Kier molecular flexibility index (Phi) is 7.13. The van der Waals surface area contributed by atoms with Crippen LogP contribution < -0.4 is 4.74 Å². The number of hydrogen-bond acceptors (Lipinski definition) is 6. The lowest BCUT2D eigenvalue weighted by Crippen LogP contribution is -2.23. The first kappa shape index (κ1) is 23.8. The molecule has 1 aliphatic rings. The Morgan fingerprint density at radius 3 is 2.35 bits per heavy atom. The summed E-state index contributed by atoms with van der Waals surface area (Å²) in [6, 6.07) is 12.3. The van der Waals surface area contributed by atoms with Crippen molar-refractivity contribution in [3.8, 4) is 5.75 Å². The fourth-order valence-electron chi connectivity index (χ4n) is 3.94. The number of aryl methyl sites for hydroxylation is 1. The van der Waals surface area contributed by atoms with Gasteiger partial charge in [0.15, 0.2) is 19.7 Å². The van der Waals surface area contributed by atoms with E-state index in [1.807, 2.05) is 38.1 Å². The summed E-state index contributed by atoms with van der Waals surface area (Å²) in [5, 5.41) is 0. The SMILES string of the molecule is Cc1ccc(S(C)(=O)=O)cc1S(=O)(=O)C[C@@H]1CCN(Cc2ccc(OC(C)C)cc2)C1. The molecule has 0 aromatic heterocycles.